The number of aryl methyl sites for hydroxylation is 4. The lowest BCUT2D eigenvalue weighted by atomic mass is 9.52. The Morgan fingerprint density at radius 3 is 1.63 bits per heavy atom. The maximum Gasteiger partial charge on any atom is -0.00634 e. The summed E-state index contributed by atoms with van der Waals surface area (Å²) in [5, 5.41) is 12.1. The van der Waals surface area contributed by atoms with Crippen molar-refractivity contribution in [2.24, 2.45) is 23.2 Å². The fourth-order valence-electron chi connectivity index (χ4n) is 10.8. The predicted molar refractivity (Wildman–Crippen MR) is 217 cm³/mol. The van der Waals surface area contributed by atoms with Crippen molar-refractivity contribution < 1.29 is 0 Å². The van der Waals surface area contributed by atoms with Crippen LogP contribution >= 0.6 is 15.8 Å². The van der Waals surface area contributed by atoms with Gasteiger partial charge in [0, 0.05) is 0 Å². The number of benzene rings is 6. The van der Waals surface area contributed by atoms with Crippen LogP contribution in [0.4, 0.5) is 0 Å². The Morgan fingerprint density at radius 1 is 0.571 bits per heavy atom. The summed E-state index contributed by atoms with van der Waals surface area (Å²) in [6.07, 6.45) is 8.49. The number of hydrogen-bond acceptors (Lipinski definition) is 0. The monoisotopic (exact) mass is 674 g/mol. The molecule has 9 rings (SSSR count). The maximum atomic E-state index is 2.53. The van der Waals surface area contributed by atoms with E-state index in [1.807, 2.05) is 0 Å². The Bertz CT molecular complexity index is 2020. The molecule has 49 heavy (non-hydrogen) atoms. The Hall–Kier alpha value is -3.30. The zero-order chi connectivity index (χ0) is 33.3. The molecule has 6 aromatic rings. The van der Waals surface area contributed by atoms with Crippen molar-refractivity contribution in [2.45, 2.75) is 65.5 Å². The summed E-state index contributed by atoms with van der Waals surface area (Å²) in [4.78, 5) is 0. The molecule has 0 aromatic heterocycles. The molecule has 3 saturated carbocycles. The molecule has 5 atom stereocenters. The summed E-state index contributed by atoms with van der Waals surface area (Å²) in [7, 11) is -1.03. The smallest absolute Gasteiger partial charge is 0.00634 e. The highest BCUT2D eigenvalue weighted by Crippen LogP contribution is 2.75. The van der Waals surface area contributed by atoms with Crippen LogP contribution in [-0.2, 0) is 0 Å². The normalized spacial score (nSPS) is 24.4. The number of hydrogen-bond donors (Lipinski definition) is 0. The minimum Gasteiger partial charge on any atom is -0.0616 e. The molecule has 1 spiro atoms. The number of rotatable bonds is 7. The largest absolute Gasteiger partial charge is 0.0616 e. The van der Waals surface area contributed by atoms with Gasteiger partial charge in [0.05, 0.1) is 0 Å². The zero-order valence-electron chi connectivity index (χ0n) is 29.5. The average molecular weight is 675 g/mol. The van der Waals surface area contributed by atoms with Crippen LogP contribution in [0.5, 0.6) is 0 Å². The first-order valence-electron chi connectivity index (χ1n) is 18.6. The third-order valence-electron chi connectivity index (χ3n) is 12.6. The van der Waals surface area contributed by atoms with E-state index in [1.54, 1.807) is 21.2 Å². The zero-order valence-corrected chi connectivity index (χ0v) is 31.3. The van der Waals surface area contributed by atoms with Gasteiger partial charge in [-0.1, -0.05) is 150 Å². The summed E-state index contributed by atoms with van der Waals surface area (Å²) in [5.41, 5.74) is 6.78. The van der Waals surface area contributed by atoms with Gasteiger partial charge < -0.3 is 0 Å². The van der Waals surface area contributed by atoms with Crippen molar-refractivity contribution >= 4 is 58.6 Å². The van der Waals surface area contributed by atoms with Crippen LogP contribution in [0.25, 0.3) is 21.5 Å². The molecule has 6 aromatic carbocycles. The molecule has 0 saturated heterocycles. The van der Waals surface area contributed by atoms with Crippen molar-refractivity contribution in [1.29, 1.82) is 0 Å². The highest BCUT2D eigenvalue weighted by atomic mass is 31.1. The average Bonchev–Trinajstić information content (AvgIpc) is 3.43. The summed E-state index contributed by atoms with van der Waals surface area (Å²) in [6, 6.07) is 47.7. The second kappa shape index (κ2) is 12.5. The molecule has 3 fully saturated rings. The van der Waals surface area contributed by atoms with Gasteiger partial charge in [-0.15, -0.1) is 0 Å². The molecule has 0 amide bonds. The van der Waals surface area contributed by atoms with Crippen LogP contribution in [0, 0.1) is 50.9 Å². The lowest BCUT2D eigenvalue weighted by Crippen LogP contribution is -2.58. The molecule has 0 nitrogen and oxygen atoms in total. The standard InChI is InChI=1S/C47H48P2/c1-31-21-32(2)24-40(23-31)48(41-25-33(3)22-34(4)26-41)30-39-27-35-19-20-38-28-46(47(38,39)29-35)49(44-17-9-13-36-11-5-7-15-42(36)44)45-18-10-14-37-12-6-8-16-43(37)45/h5-18,21-26,35,38-39,46H,19-20,27-30H2,1-4H3/t35?,38?,39?,46-,47?/m1/s1. The SMILES string of the molecule is Cc1cc(C)cc(P(CC2CC3CCC4C[C@@H](P(c5cccc6ccccc56)c5cccc6ccccc56)C42C3)c2cc(C)cc(C)c2)c1. The highest BCUT2D eigenvalue weighted by molar-refractivity contribution is 7.74. The van der Waals surface area contributed by atoms with Gasteiger partial charge in [-0.2, -0.15) is 0 Å². The van der Waals surface area contributed by atoms with E-state index >= 15 is 0 Å². The second-order valence-corrected chi connectivity index (χ2v) is 20.4. The fraction of sp³-hybridized carbons (Fsp3) is 0.319. The second-order valence-electron chi connectivity index (χ2n) is 15.8. The van der Waals surface area contributed by atoms with Gasteiger partial charge in [-0.25, -0.2) is 0 Å². The molecule has 0 aliphatic heterocycles. The first-order valence-corrected chi connectivity index (χ1v) is 21.5. The van der Waals surface area contributed by atoms with Gasteiger partial charge in [-0.3, -0.25) is 0 Å². The quantitative estimate of drug-likeness (QED) is 0.148. The Morgan fingerprint density at radius 2 is 1.08 bits per heavy atom. The number of fused-ring (bicyclic) bond motifs is 3. The molecule has 2 heteroatoms. The summed E-state index contributed by atoms with van der Waals surface area (Å²) >= 11 is 0. The van der Waals surface area contributed by atoms with Gasteiger partial charge >= 0.3 is 0 Å². The molecule has 0 radical (unpaired) electrons. The van der Waals surface area contributed by atoms with Crippen LogP contribution in [0.15, 0.2) is 121 Å². The summed E-state index contributed by atoms with van der Waals surface area (Å²) in [6.45, 7) is 9.19. The Labute approximate surface area is 295 Å². The molecule has 4 unspecified atom stereocenters. The van der Waals surface area contributed by atoms with E-state index in [4.69, 9.17) is 0 Å². The minimum atomic E-state index is -0.570. The molecule has 3 aliphatic carbocycles. The van der Waals surface area contributed by atoms with Crippen LogP contribution in [0.3, 0.4) is 0 Å². The summed E-state index contributed by atoms with van der Waals surface area (Å²) in [5.74, 6) is 2.52. The third kappa shape index (κ3) is 5.41. The van der Waals surface area contributed by atoms with E-state index in [9.17, 15) is 0 Å². The molecule has 246 valence electrons. The topological polar surface area (TPSA) is 0 Å². The first-order chi connectivity index (χ1) is 23.9. The van der Waals surface area contributed by atoms with E-state index in [0.29, 0.717) is 5.41 Å². The minimum absolute atomic E-state index is 0.431. The van der Waals surface area contributed by atoms with Crippen LogP contribution < -0.4 is 21.2 Å². The molecular weight excluding hydrogens is 626 g/mol. The molecule has 0 N–H and O–H groups in total. The van der Waals surface area contributed by atoms with Crippen LogP contribution in [0.1, 0.15) is 54.4 Å². The molecule has 0 heterocycles. The lowest BCUT2D eigenvalue weighted by Gasteiger charge is -2.62. The fourth-order valence-corrected chi connectivity index (χ4v) is 17.7. The highest BCUT2D eigenvalue weighted by Gasteiger charge is 2.66. The third-order valence-corrected chi connectivity index (χ3v) is 18.3. The lowest BCUT2D eigenvalue weighted by molar-refractivity contribution is -0.0190. The van der Waals surface area contributed by atoms with Gasteiger partial charge in [-0.05, 0) is 147 Å². The Balaban J connectivity index is 1.21. The summed E-state index contributed by atoms with van der Waals surface area (Å²) < 4.78 is 0. The maximum absolute atomic E-state index is 2.53. The van der Waals surface area contributed by atoms with Crippen molar-refractivity contribution in [1.82, 2.24) is 0 Å². The van der Waals surface area contributed by atoms with E-state index in [1.165, 1.54) is 82.1 Å². The van der Waals surface area contributed by atoms with Gasteiger partial charge in [0.15, 0.2) is 0 Å². The Kier molecular flexibility index (Phi) is 8.07. The molecule has 2 bridgehead atoms. The van der Waals surface area contributed by atoms with Gasteiger partial charge in [0.1, 0.15) is 0 Å². The van der Waals surface area contributed by atoms with E-state index in [-0.39, 0.29) is 0 Å². The van der Waals surface area contributed by atoms with Gasteiger partial charge in [0.25, 0.3) is 0 Å². The van der Waals surface area contributed by atoms with Gasteiger partial charge in [0.2, 0.25) is 0 Å². The molecular formula is C47H48P2. The van der Waals surface area contributed by atoms with Crippen LogP contribution in [-0.4, -0.2) is 11.8 Å². The van der Waals surface area contributed by atoms with Crippen molar-refractivity contribution in [3.8, 4) is 0 Å². The van der Waals surface area contributed by atoms with Crippen LogP contribution in [0.2, 0.25) is 0 Å². The molecule has 3 aliphatic rings. The van der Waals surface area contributed by atoms with E-state index in [0.717, 1.165) is 23.4 Å². The first kappa shape index (κ1) is 31.7. The van der Waals surface area contributed by atoms with Crippen molar-refractivity contribution in [3.63, 3.8) is 0 Å². The van der Waals surface area contributed by atoms with E-state index < -0.39 is 15.8 Å². The van der Waals surface area contributed by atoms with E-state index in [2.05, 4.69) is 149 Å². The van der Waals surface area contributed by atoms with Crippen molar-refractivity contribution in [2.75, 3.05) is 6.16 Å². The predicted octanol–water partition coefficient (Wildman–Crippen LogP) is 11.0. The van der Waals surface area contributed by atoms with Crippen molar-refractivity contribution in [3.05, 3.63) is 144 Å².